The fraction of sp³-hybridized carbons (Fsp3) is 0.118. The van der Waals surface area contributed by atoms with Crippen molar-refractivity contribution in [3.8, 4) is 0 Å². The highest BCUT2D eigenvalue weighted by atomic mass is 14.9. The first-order valence-electron chi connectivity index (χ1n) is 6.50. The van der Waals surface area contributed by atoms with E-state index >= 15 is 0 Å². The average molecular weight is 248 g/mol. The van der Waals surface area contributed by atoms with Gasteiger partial charge in [-0.3, -0.25) is 4.98 Å². The van der Waals surface area contributed by atoms with E-state index in [9.17, 15) is 0 Å². The maximum atomic E-state index is 4.39. The van der Waals surface area contributed by atoms with Crippen LogP contribution in [0.2, 0.25) is 0 Å². The first-order valence-corrected chi connectivity index (χ1v) is 6.50. The van der Waals surface area contributed by atoms with Gasteiger partial charge in [0, 0.05) is 17.3 Å². The topological polar surface area (TPSA) is 24.9 Å². The van der Waals surface area contributed by atoms with E-state index in [2.05, 4.69) is 59.7 Å². The Labute approximate surface area is 113 Å². The molecule has 1 heterocycles. The number of nitrogens with zero attached hydrogens (tertiary/aromatic N) is 1. The van der Waals surface area contributed by atoms with Gasteiger partial charge in [0.05, 0.1) is 11.7 Å². The summed E-state index contributed by atoms with van der Waals surface area (Å²) in [6.45, 7) is 2.13. The van der Waals surface area contributed by atoms with Crippen LogP contribution in [-0.2, 0) is 0 Å². The van der Waals surface area contributed by atoms with E-state index in [4.69, 9.17) is 0 Å². The van der Waals surface area contributed by atoms with Gasteiger partial charge in [-0.2, -0.15) is 0 Å². The molecule has 1 unspecified atom stereocenters. The lowest BCUT2D eigenvalue weighted by Gasteiger charge is -2.16. The summed E-state index contributed by atoms with van der Waals surface area (Å²) in [5, 5.41) is 6.03. The van der Waals surface area contributed by atoms with Gasteiger partial charge in [-0.05, 0) is 30.5 Å². The molecule has 2 aromatic carbocycles. The highest BCUT2D eigenvalue weighted by molar-refractivity contribution is 5.93. The van der Waals surface area contributed by atoms with Crippen molar-refractivity contribution in [2.45, 2.75) is 13.0 Å². The third-order valence-corrected chi connectivity index (χ3v) is 3.29. The molecule has 3 aromatic rings. The van der Waals surface area contributed by atoms with E-state index in [0.29, 0.717) is 0 Å². The molecule has 0 saturated carbocycles. The summed E-state index contributed by atoms with van der Waals surface area (Å²) in [5.41, 5.74) is 2.20. The van der Waals surface area contributed by atoms with Crippen LogP contribution in [0.15, 0.2) is 66.9 Å². The van der Waals surface area contributed by atoms with Crippen molar-refractivity contribution in [2.24, 2.45) is 0 Å². The molecular weight excluding hydrogens is 232 g/mol. The Balaban J connectivity index is 1.94. The summed E-state index contributed by atoms with van der Waals surface area (Å²) in [6, 6.07) is 20.9. The van der Waals surface area contributed by atoms with Crippen LogP contribution in [0.25, 0.3) is 10.8 Å². The van der Waals surface area contributed by atoms with E-state index in [1.54, 1.807) is 0 Å². The van der Waals surface area contributed by atoms with Gasteiger partial charge >= 0.3 is 0 Å². The number of benzene rings is 2. The lowest BCUT2D eigenvalue weighted by molar-refractivity contribution is 0.841. The zero-order valence-corrected chi connectivity index (χ0v) is 10.9. The number of hydrogen-bond acceptors (Lipinski definition) is 2. The third kappa shape index (κ3) is 2.43. The molecule has 0 saturated heterocycles. The van der Waals surface area contributed by atoms with Gasteiger partial charge in [0.15, 0.2) is 0 Å². The highest BCUT2D eigenvalue weighted by Gasteiger charge is 2.07. The van der Waals surface area contributed by atoms with Crippen molar-refractivity contribution in [1.82, 2.24) is 4.98 Å². The van der Waals surface area contributed by atoms with Crippen molar-refractivity contribution in [2.75, 3.05) is 5.32 Å². The number of hydrogen-bond donors (Lipinski definition) is 1. The first kappa shape index (κ1) is 11.7. The lowest BCUT2D eigenvalue weighted by Crippen LogP contribution is -2.08. The molecule has 1 atom stereocenters. The lowest BCUT2D eigenvalue weighted by atomic mass is 10.1. The van der Waals surface area contributed by atoms with Crippen LogP contribution < -0.4 is 5.32 Å². The second-order valence-electron chi connectivity index (χ2n) is 4.65. The van der Waals surface area contributed by atoms with E-state index in [1.165, 1.54) is 10.8 Å². The molecule has 3 rings (SSSR count). The van der Waals surface area contributed by atoms with Crippen LogP contribution in [0.5, 0.6) is 0 Å². The average Bonchev–Trinajstić information content (AvgIpc) is 2.48. The number of pyridine rings is 1. The number of nitrogens with one attached hydrogen (secondary N) is 1. The number of aromatic nitrogens is 1. The molecule has 0 radical (unpaired) electrons. The minimum absolute atomic E-state index is 0.187. The minimum atomic E-state index is 0.187. The Morgan fingerprint density at radius 2 is 1.68 bits per heavy atom. The molecule has 2 nitrogen and oxygen atoms in total. The summed E-state index contributed by atoms with van der Waals surface area (Å²) in [6.07, 6.45) is 1.83. The molecule has 0 aliphatic carbocycles. The number of fused-ring (bicyclic) bond motifs is 1. The van der Waals surface area contributed by atoms with Crippen LogP contribution in [0.3, 0.4) is 0 Å². The Hall–Kier alpha value is -2.35. The van der Waals surface area contributed by atoms with Crippen LogP contribution in [0, 0.1) is 0 Å². The molecular formula is C17H16N2. The first-order chi connectivity index (χ1) is 9.34. The second kappa shape index (κ2) is 5.11. The second-order valence-corrected chi connectivity index (χ2v) is 4.65. The molecule has 0 aliphatic heterocycles. The largest absolute Gasteiger partial charge is 0.376 e. The van der Waals surface area contributed by atoms with Crippen LogP contribution in [-0.4, -0.2) is 4.98 Å². The zero-order valence-electron chi connectivity index (χ0n) is 10.9. The van der Waals surface area contributed by atoms with Gasteiger partial charge in [-0.25, -0.2) is 0 Å². The third-order valence-electron chi connectivity index (χ3n) is 3.29. The zero-order chi connectivity index (χ0) is 13.1. The number of anilines is 1. The molecule has 94 valence electrons. The maximum Gasteiger partial charge on any atom is 0.0657 e. The van der Waals surface area contributed by atoms with Crippen molar-refractivity contribution < 1.29 is 0 Å². The molecule has 1 N–H and O–H groups in total. The molecule has 0 fully saturated rings. The molecule has 1 aromatic heterocycles. The fourth-order valence-electron chi connectivity index (χ4n) is 2.29. The molecule has 0 aliphatic rings. The summed E-state index contributed by atoms with van der Waals surface area (Å²) < 4.78 is 0. The molecule has 2 heteroatoms. The Morgan fingerprint density at radius 1 is 0.895 bits per heavy atom. The van der Waals surface area contributed by atoms with Crippen LogP contribution in [0.1, 0.15) is 18.7 Å². The maximum absolute atomic E-state index is 4.39. The minimum Gasteiger partial charge on any atom is -0.376 e. The Morgan fingerprint density at radius 3 is 2.53 bits per heavy atom. The van der Waals surface area contributed by atoms with Crippen molar-refractivity contribution in [3.05, 3.63) is 72.6 Å². The smallest absolute Gasteiger partial charge is 0.0657 e. The monoisotopic (exact) mass is 248 g/mol. The molecule has 0 spiro atoms. The molecule has 19 heavy (non-hydrogen) atoms. The summed E-state index contributed by atoms with van der Waals surface area (Å²) >= 11 is 0. The van der Waals surface area contributed by atoms with E-state index in [1.807, 2.05) is 24.4 Å². The van der Waals surface area contributed by atoms with Gasteiger partial charge in [0.25, 0.3) is 0 Å². The Kier molecular flexibility index (Phi) is 3.15. The van der Waals surface area contributed by atoms with E-state index in [-0.39, 0.29) is 6.04 Å². The molecule has 0 amide bonds. The van der Waals surface area contributed by atoms with E-state index in [0.717, 1.165) is 11.4 Å². The van der Waals surface area contributed by atoms with Gasteiger partial charge in [-0.15, -0.1) is 0 Å². The predicted octanol–water partition coefficient (Wildman–Crippen LogP) is 4.41. The quantitative estimate of drug-likeness (QED) is 0.742. The predicted molar refractivity (Wildman–Crippen MR) is 80.2 cm³/mol. The number of rotatable bonds is 3. The summed E-state index contributed by atoms with van der Waals surface area (Å²) in [7, 11) is 0. The van der Waals surface area contributed by atoms with Crippen molar-refractivity contribution >= 4 is 16.5 Å². The standard InChI is InChI=1S/C17H16N2/c1-13(16-10-4-5-12-18-16)19-17-11-6-8-14-7-2-3-9-15(14)17/h2-13,19H,1H3. The summed E-state index contributed by atoms with van der Waals surface area (Å²) in [5.74, 6) is 0. The highest BCUT2D eigenvalue weighted by Crippen LogP contribution is 2.26. The van der Waals surface area contributed by atoms with Crippen LogP contribution >= 0.6 is 0 Å². The van der Waals surface area contributed by atoms with Gasteiger partial charge in [-0.1, -0.05) is 42.5 Å². The van der Waals surface area contributed by atoms with Crippen molar-refractivity contribution in [1.29, 1.82) is 0 Å². The van der Waals surface area contributed by atoms with E-state index < -0.39 is 0 Å². The van der Waals surface area contributed by atoms with Gasteiger partial charge < -0.3 is 5.32 Å². The van der Waals surface area contributed by atoms with Crippen molar-refractivity contribution in [3.63, 3.8) is 0 Å². The van der Waals surface area contributed by atoms with Gasteiger partial charge in [0.2, 0.25) is 0 Å². The fourth-order valence-corrected chi connectivity index (χ4v) is 2.29. The molecule has 0 bridgehead atoms. The SMILES string of the molecule is CC(Nc1cccc2ccccc12)c1ccccn1. The summed E-state index contributed by atoms with van der Waals surface area (Å²) in [4.78, 5) is 4.39. The van der Waals surface area contributed by atoms with Gasteiger partial charge in [0.1, 0.15) is 0 Å². The normalized spacial score (nSPS) is 12.3. The van der Waals surface area contributed by atoms with Crippen LogP contribution in [0.4, 0.5) is 5.69 Å². The Bertz CT molecular complexity index is 672.